The number of likely N-dealkylation sites (tertiary alicyclic amines) is 1. The average molecular weight is 584 g/mol. The number of piperidine rings is 1. The van der Waals surface area contributed by atoms with Gasteiger partial charge in [0.15, 0.2) is 0 Å². The zero-order valence-electron chi connectivity index (χ0n) is 24.6. The van der Waals surface area contributed by atoms with Crippen LogP contribution in [0.3, 0.4) is 0 Å². The van der Waals surface area contributed by atoms with Gasteiger partial charge >= 0.3 is 0 Å². The molecule has 1 unspecified atom stereocenters. The highest BCUT2D eigenvalue weighted by Gasteiger charge is 2.41. The Bertz CT molecular complexity index is 1620. The zero-order chi connectivity index (χ0) is 29.8. The van der Waals surface area contributed by atoms with Crippen molar-refractivity contribution in [1.29, 1.82) is 0 Å². The Morgan fingerprint density at radius 3 is 2.60 bits per heavy atom. The van der Waals surface area contributed by atoms with Gasteiger partial charge in [0.05, 0.1) is 28.3 Å². The summed E-state index contributed by atoms with van der Waals surface area (Å²) in [4.78, 5) is 53.5. The average Bonchev–Trinajstić information content (AvgIpc) is 3.65. The monoisotopic (exact) mass is 583 g/mol. The lowest BCUT2D eigenvalue weighted by atomic mass is 10.0. The van der Waals surface area contributed by atoms with Gasteiger partial charge in [-0.1, -0.05) is 17.7 Å². The molecule has 0 saturated carbocycles. The summed E-state index contributed by atoms with van der Waals surface area (Å²) in [6.45, 7) is 5.91. The number of aromatic nitrogens is 2. The maximum absolute atomic E-state index is 13.3. The van der Waals surface area contributed by atoms with Crippen molar-refractivity contribution in [2.45, 2.75) is 44.8 Å². The number of imide groups is 1. The van der Waals surface area contributed by atoms with E-state index in [1.165, 1.54) is 21.7 Å². The summed E-state index contributed by atoms with van der Waals surface area (Å²) in [5.74, 6) is -0.444. The Morgan fingerprint density at radius 2 is 1.81 bits per heavy atom. The standard InChI is InChI=1S/C32H37N7O4/c1-18-3-4-27-19(13-18)6-12-38(27)17-21(40)16-34-24-5-9-33-30(41)28(24)29-35-25-14-22-23(15-26(25)36-29)32(43)39(31(22)42)20-7-10-37(2)11-8-20/h3-4,13-15,20-21,34,40H,5-12,16-17H2,1-2H3,(H,33,41)(H,35,36). The summed E-state index contributed by atoms with van der Waals surface area (Å²) in [5.41, 5.74) is 6.63. The van der Waals surface area contributed by atoms with Gasteiger partial charge in [-0.2, -0.15) is 0 Å². The Balaban J connectivity index is 1.10. The molecular weight excluding hydrogens is 546 g/mol. The highest BCUT2D eigenvalue weighted by atomic mass is 16.3. The van der Waals surface area contributed by atoms with E-state index < -0.39 is 6.10 Å². The maximum atomic E-state index is 13.3. The lowest BCUT2D eigenvalue weighted by Gasteiger charge is -2.33. The highest BCUT2D eigenvalue weighted by Crippen LogP contribution is 2.33. The van der Waals surface area contributed by atoms with E-state index in [4.69, 9.17) is 4.98 Å². The van der Waals surface area contributed by atoms with E-state index in [0.717, 1.165) is 38.9 Å². The molecule has 4 N–H and O–H groups in total. The number of H-pyrrole nitrogens is 1. The smallest absolute Gasteiger partial charge is 0.261 e. The molecule has 7 rings (SSSR count). The summed E-state index contributed by atoms with van der Waals surface area (Å²) in [6, 6.07) is 9.66. The number of amides is 3. The first kappa shape index (κ1) is 27.6. The number of aliphatic hydroxyl groups excluding tert-OH is 1. The normalized spacial score (nSPS) is 20.2. The van der Waals surface area contributed by atoms with Crippen LogP contribution in [-0.2, 0) is 11.2 Å². The molecule has 1 fully saturated rings. The Morgan fingerprint density at radius 1 is 1.05 bits per heavy atom. The molecule has 0 bridgehead atoms. The number of hydrogen-bond donors (Lipinski definition) is 4. The predicted molar refractivity (Wildman–Crippen MR) is 163 cm³/mol. The SMILES string of the molecule is Cc1ccc2c(c1)CCN2CC(O)CNC1=C(c2nc3cc4c(cc3[nH]2)C(=O)N(C2CCN(C)CC2)C4=O)C(=O)NCC1. The predicted octanol–water partition coefficient (Wildman–Crippen LogP) is 1.81. The minimum atomic E-state index is -0.644. The molecule has 4 aliphatic heterocycles. The summed E-state index contributed by atoms with van der Waals surface area (Å²) in [6.07, 6.45) is 2.42. The fourth-order valence-corrected chi connectivity index (χ4v) is 6.89. The number of aromatic amines is 1. The molecule has 5 heterocycles. The van der Waals surface area contributed by atoms with E-state index >= 15 is 0 Å². The molecule has 43 heavy (non-hydrogen) atoms. The molecule has 2 aromatic carbocycles. The van der Waals surface area contributed by atoms with Gasteiger partial charge in [0.1, 0.15) is 11.4 Å². The van der Waals surface area contributed by atoms with Gasteiger partial charge in [-0.3, -0.25) is 19.3 Å². The number of imidazole rings is 1. The molecule has 4 aliphatic rings. The lowest BCUT2D eigenvalue weighted by molar-refractivity contribution is -0.115. The first-order chi connectivity index (χ1) is 20.8. The molecule has 3 aromatic rings. The second-order valence-electron chi connectivity index (χ2n) is 12.2. The number of fused-ring (bicyclic) bond motifs is 3. The molecule has 0 radical (unpaired) electrons. The minimum absolute atomic E-state index is 0.102. The number of carbonyl (C=O) groups excluding carboxylic acids is 3. The van der Waals surface area contributed by atoms with Crippen molar-refractivity contribution in [2.75, 3.05) is 51.2 Å². The van der Waals surface area contributed by atoms with E-state index in [0.29, 0.717) is 58.8 Å². The summed E-state index contributed by atoms with van der Waals surface area (Å²) in [7, 11) is 2.05. The van der Waals surface area contributed by atoms with Gasteiger partial charge in [-0.15, -0.1) is 0 Å². The second-order valence-corrected chi connectivity index (χ2v) is 12.2. The fourth-order valence-electron chi connectivity index (χ4n) is 6.89. The van der Waals surface area contributed by atoms with Crippen LogP contribution in [0.15, 0.2) is 36.0 Å². The zero-order valence-corrected chi connectivity index (χ0v) is 24.6. The number of β-amino-alcohol motifs (C(OH)–C–C–N with tert-alkyl or cyclic N) is 1. The third-order valence-electron chi connectivity index (χ3n) is 9.21. The van der Waals surface area contributed by atoms with Crippen LogP contribution in [0.25, 0.3) is 16.6 Å². The van der Waals surface area contributed by atoms with E-state index in [2.05, 4.69) is 50.5 Å². The van der Waals surface area contributed by atoms with Crippen molar-refractivity contribution in [1.82, 2.24) is 30.4 Å². The van der Waals surface area contributed by atoms with Crippen LogP contribution in [0, 0.1) is 6.92 Å². The van der Waals surface area contributed by atoms with E-state index in [1.807, 2.05) is 7.05 Å². The molecule has 0 spiro atoms. The van der Waals surface area contributed by atoms with Gasteiger partial charge in [-0.25, -0.2) is 4.98 Å². The maximum Gasteiger partial charge on any atom is 0.261 e. The van der Waals surface area contributed by atoms with Gasteiger partial charge < -0.3 is 30.5 Å². The quantitative estimate of drug-likeness (QED) is 0.310. The first-order valence-corrected chi connectivity index (χ1v) is 15.1. The van der Waals surface area contributed by atoms with Crippen LogP contribution >= 0.6 is 0 Å². The van der Waals surface area contributed by atoms with Crippen LogP contribution in [0.2, 0.25) is 0 Å². The lowest BCUT2D eigenvalue weighted by Crippen LogP contribution is -2.46. The van der Waals surface area contributed by atoms with E-state index in [-0.39, 0.29) is 30.3 Å². The van der Waals surface area contributed by atoms with Gasteiger partial charge in [0, 0.05) is 50.0 Å². The van der Waals surface area contributed by atoms with E-state index in [9.17, 15) is 19.5 Å². The van der Waals surface area contributed by atoms with Crippen LogP contribution in [0.4, 0.5) is 5.69 Å². The Labute approximate surface area is 249 Å². The minimum Gasteiger partial charge on any atom is -0.389 e. The van der Waals surface area contributed by atoms with Gasteiger partial charge in [0.25, 0.3) is 17.7 Å². The van der Waals surface area contributed by atoms with Crippen LogP contribution in [0.5, 0.6) is 0 Å². The number of aryl methyl sites for hydroxylation is 1. The van der Waals surface area contributed by atoms with Gasteiger partial charge in [0.2, 0.25) is 0 Å². The summed E-state index contributed by atoms with van der Waals surface area (Å²) in [5, 5.41) is 17.1. The summed E-state index contributed by atoms with van der Waals surface area (Å²) >= 11 is 0. The number of aliphatic hydroxyl groups is 1. The molecule has 11 nitrogen and oxygen atoms in total. The third-order valence-corrected chi connectivity index (χ3v) is 9.21. The largest absolute Gasteiger partial charge is 0.389 e. The Hall–Kier alpha value is -4.22. The number of nitrogens with one attached hydrogen (secondary N) is 3. The Kier molecular flexibility index (Phi) is 6.94. The van der Waals surface area contributed by atoms with Crippen LogP contribution in [0.1, 0.15) is 56.9 Å². The molecule has 1 atom stereocenters. The van der Waals surface area contributed by atoms with Crippen molar-refractivity contribution < 1.29 is 19.5 Å². The molecule has 1 saturated heterocycles. The third kappa shape index (κ3) is 4.96. The molecule has 0 aliphatic carbocycles. The highest BCUT2D eigenvalue weighted by molar-refractivity contribution is 6.23. The molecule has 11 heteroatoms. The number of nitrogens with zero attached hydrogens (tertiary/aromatic N) is 4. The van der Waals surface area contributed by atoms with Crippen molar-refractivity contribution in [3.63, 3.8) is 0 Å². The molecular formula is C32H37N7O4. The molecule has 3 amide bonds. The summed E-state index contributed by atoms with van der Waals surface area (Å²) < 4.78 is 0. The van der Waals surface area contributed by atoms with Crippen molar-refractivity contribution in [2.24, 2.45) is 0 Å². The van der Waals surface area contributed by atoms with Gasteiger partial charge in [-0.05, 0) is 70.1 Å². The van der Waals surface area contributed by atoms with Crippen molar-refractivity contribution in [3.8, 4) is 0 Å². The number of benzene rings is 2. The van der Waals surface area contributed by atoms with Crippen LogP contribution < -0.4 is 15.5 Å². The van der Waals surface area contributed by atoms with Crippen LogP contribution in [-0.4, -0.2) is 101 Å². The fraction of sp³-hybridized carbons (Fsp3) is 0.438. The molecule has 224 valence electrons. The molecule has 1 aromatic heterocycles. The number of carbonyl (C=O) groups is 3. The second kappa shape index (κ2) is 10.8. The number of anilines is 1. The first-order valence-electron chi connectivity index (χ1n) is 15.1. The van der Waals surface area contributed by atoms with Crippen molar-refractivity contribution >= 4 is 40.0 Å². The number of rotatable bonds is 7. The van der Waals surface area contributed by atoms with E-state index in [1.54, 1.807) is 12.1 Å². The van der Waals surface area contributed by atoms with Crippen molar-refractivity contribution in [3.05, 3.63) is 64.1 Å². The topological polar surface area (TPSA) is 134 Å². The number of hydrogen-bond acceptors (Lipinski definition) is 8.